The van der Waals surface area contributed by atoms with Gasteiger partial charge in [0.2, 0.25) is 0 Å². The van der Waals surface area contributed by atoms with Crippen LogP contribution < -0.4 is 4.74 Å². The summed E-state index contributed by atoms with van der Waals surface area (Å²) in [5.41, 5.74) is 3.24. The van der Waals surface area contributed by atoms with Crippen molar-refractivity contribution in [1.29, 1.82) is 0 Å². The molecule has 0 atom stereocenters. The highest BCUT2D eigenvalue weighted by atomic mass is 19.4. The molecule has 4 rings (SSSR count). The lowest BCUT2D eigenvalue weighted by atomic mass is 10.0. The Balaban J connectivity index is 1.56. The summed E-state index contributed by atoms with van der Waals surface area (Å²) in [5.74, 6) is -0.0968. The van der Waals surface area contributed by atoms with Crippen molar-refractivity contribution in [3.63, 3.8) is 0 Å². The minimum atomic E-state index is -4.72. The Morgan fingerprint density at radius 1 is 1.09 bits per heavy atom. The van der Waals surface area contributed by atoms with Crippen LogP contribution in [0.5, 0.6) is 5.75 Å². The van der Waals surface area contributed by atoms with Crippen LogP contribution in [0.1, 0.15) is 27.3 Å². The zero-order valence-electron chi connectivity index (χ0n) is 17.6. The van der Waals surface area contributed by atoms with Gasteiger partial charge in [-0.3, -0.25) is 0 Å². The number of rotatable bonds is 8. The molecular weight excluding hydrogens is 439 g/mol. The molecule has 4 aromatic rings. The highest BCUT2D eigenvalue weighted by molar-refractivity contribution is 5.96. The van der Waals surface area contributed by atoms with Gasteiger partial charge in [0.05, 0.1) is 12.7 Å². The number of methoxy groups -OCH3 is 1. The molecule has 2 aromatic carbocycles. The Labute approximate surface area is 186 Å². The predicted octanol–water partition coefficient (Wildman–Crippen LogP) is 3.87. The summed E-state index contributed by atoms with van der Waals surface area (Å²) in [4.78, 5) is 12.0. The van der Waals surface area contributed by atoms with Crippen LogP contribution in [0.15, 0.2) is 48.7 Å². The molecule has 2 aromatic heterocycles. The van der Waals surface area contributed by atoms with Crippen LogP contribution in [0.2, 0.25) is 0 Å². The number of aromatic amines is 1. The minimum absolute atomic E-state index is 0.257. The zero-order valence-corrected chi connectivity index (χ0v) is 17.6. The van der Waals surface area contributed by atoms with E-state index in [1.807, 2.05) is 12.3 Å². The molecule has 0 aliphatic carbocycles. The number of esters is 1. The van der Waals surface area contributed by atoms with E-state index >= 15 is 0 Å². The molecule has 0 aliphatic rings. The number of aryl methyl sites for hydroxylation is 4. The summed E-state index contributed by atoms with van der Waals surface area (Å²) >= 11 is 0. The van der Waals surface area contributed by atoms with Gasteiger partial charge in [0.25, 0.3) is 0 Å². The van der Waals surface area contributed by atoms with E-state index in [0.29, 0.717) is 37.2 Å². The van der Waals surface area contributed by atoms with Crippen LogP contribution in [-0.4, -0.2) is 44.6 Å². The summed E-state index contributed by atoms with van der Waals surface area (Å²) in [6.07, 6.45) is -0.928. The normalized spacial score (nSPS) is 11.6. The highest BCUT2D eigenvalue weighted by Crippen LogP contribution is 2.26. The van der Waals surface area contributed by atoms with E-state index in [9.17, 15) is 18.0 Å². The topological polar surface area (TPSA) is 94.9 Å². The van der Waals surface area contributed by atoms with Crippen LogP contribution in [-0.2, 0) is 30.5 Å². The van der Waals surface area contributed by atoms with Gasteiger partial charge in [-0.05, 0) is 54.3 Å². The maximum Gasteiger partial charge on any atom is 0.573 e. The number of nitrogens with one attached hydrogen (secondary N) is 1. The Kier molecular flexibility index (Phi) is 6.29. The number of ether oxygens (including phenoxy) is 2. The predicted molar refractivity (Wildman–Crippen MR) is 112 cm³/mol. The molecule has 0 saturated carbocycles. The number of carbonyl (C=O) groups excluding carboxylic acids is 1. The lowest BCUT2D eigenvalue weighted by molar-refractivity contribution is -0.274. The lowest BCUT2D eigenvalue weighted by Crippen LogP contribution is -2.17. The first-order valence-corrected chi connectivity index (χ1v) is 10.1. The summed E-state index contributed by atoms with van der Waals surface area (Å²) in [5, 5.41) is 14.8. The number of tetrazole rings is 1. The fourth-order valence-corrected chi connectivity index (χ4v) is 3.65. The van der Waals surface area contributed by atoms with Crippen LogP contribution in [0.25, 0.3) is 10.9 Å². The summed E-state index contributed by atoms with van der Waals surface area (Å²) in [6, 6.07) is 11.2. The van der Waals surface area contributed by atoms with Crippen molar-refractivity contribution < 1.29 is 27.4 Å². The first-order valence-electron chi connectivity index (χ1n) is 10.1. The molecule has 1 N–H and O–H groups in total. The Morgan fingerprint density at radius 2 is 1.88 bits per heavy atom. The number of halogens is 3. The lowest BCUT2D eigenvalue weighted by Gasteiger charge is -2.09. The fraction of sp³-hybridized carbons (Fsp3) is 0.273. The smallest absolute Gasteiger partial charge is 0.465 e. The molecule has 0 fully saturated rings. The average molecular weight is 459 g/mol. The maximum atomic E-state index is 12.4. The second-order valence-corrected chi connectivity index (χ2v) is 7.34. The molecule has 172 valence electrons. The van der Waals surface area contributed by atoms with Crippen molar-refractivity contribution >= 4 is 16.9 Å². The number of benzene rings is 2. The summed E-state index contributed by atoms with van der Waals surface area (Å²) < 4.78 is 47.9. The average Bonchev–Trinajstić information content (AvgIpc) is 3.43. The van der Waals surface area contributed by atoms with Gasteiger partial charge in [0.15, 0.2) is 5.82 Å². The van der Waals surface area contributed by atoms with Gasteiger partial charge >= 0.3 is 12.3 Å². The Morgan fingerprint density at radius 3 is 2.55 bits per heavy atom. The molecule has 0 spiro atoms. The van der Waals surface area contributed by atoms with Crippen molar-refractivity contribution in [3.05, 3.63) is 71.2 Å². The molecule has 2 heterocycles. The van der Waals surface area contributed by atoms with E-state index in [1.165, 1.54) is 19.2 Å². The van der Waals surface area contributed by atoms with Gasteiger partial charge in [-0.25, -0.2) is 4.79 Å². The van der Waals surface area contributed by atoms with Crippen LogP contribution in [0, 0.1) is 0 Å². The first-order chi connectivity index (χ1) is 15.8. The second-order valence-electron chi connectivity index (χ2n) is 7.34. The summed E-state index contributed by atoms with van der Waals surface area (Å²) in [6.45, 7) is 0.608. The van der Waals surface area contributed by atoms with Gasteiger partial charge in [-0.2, -0.15) is 5.21 Å². The molecular formula is C22H20F3N5O3. The third kappa shape index (κ3) is 5.48. The monoisotopic (exact) mass is 459 g/mol. The quantitative estimate of drug-likeness (QED) is 0.402. The molecule has 0 radical (unpaired) electrons. The van der Waals surface area contributed by atoms with Gasteiger partial charge in [-0.15, -0.1) is 23.4 Å². The summed E-state index contributed by atoms with van der Waals surface area (Å²) in [7, 11) is 1.33. The Bertz CT molecular complexity index is 1230. The van der Waals surface area contributed by atoms with E-state index in [-0.39, 0.29) is 5.75 Å². The number of hydrogen-bond acceptors (Lipinski definition) is 6. The minimum Gasteiger partial charge on any atom is -0.465 e. The molecule has 0 saturated heterocycles. The molecule has 0 bridgehead atoms. The Hall–Kier alpha value is -3.89. The van der Waals surface area contributed by atoms with Crippen molar-refractivity contribution in [3.8, 4) is 5.75 Å². The van der Waals surface area contributed by atoms with Crippen LogP contribution in [0.4, 0.5) is 13.2 Å². The molecule has 33 heavy (non-hydrogen) atoms. The van der Waals surface area contributed by atoms with E-state index in [4.69, 9.17) is 4.74 Å². The van der Waals surface area contributed by atoms with E-state index < -0.39 is 12.3 Å². The SMILES string of the molecule is COC(=O)c1ccc2c(c1)c(CCc1ccc(OC(F)(F)F)cc1)cn2CCc1nn[nH]n1. The molecule has 8 nitrogen and oxygen atoms in total. The number of nitrogens with zero attached hydrogens (tertiary/aromatic N) is 4. The zero-order chi connectivity index (χ0) is 23.4. The molecule has 11 heteroatoms. The number of fused-ring (bicyclic) bond motifs is 1. The van der Waals surface area contributed by atoms with E-state index in [0.717, 1.165) is 22.0 Å². The van der Waals surface area contributed by atoms with Crippen LogP contribution in [0.3, 0.4) is 0 Å². The van der Waals surface area contributed by atoms with Gasteiger partial charge < -0.3 is 14.0 Å². The molecule has 0 amide bonds. The second kappa shape index (κ2) is 9.31. The van der Waals surface area contributed by atoms with Gasteiger partial charge in [0.1, 0.15) is 5.75 Å². The van der Waals surface area contributed by atoms with Crippen molar-refractivity contribution in [1.82, 2.24) is 25.2 Å². The van der Waals surface area contributed by atoms with Gasteiger partial charge in [0, 0.05) is 30.1 Å². The maximum absolute atomic E-state index is 12.4. The number of H-pyrrole nitrogens is 1. The van der Waals surface area contributed by atoms with E-state index in [1.54, 1.807) is 24.3 Å². The number of hydrogen-bond donors (Lipinski definition) is 1. The fourth-order valence-electron chi connectivity index (χ4n) is 3.65. The first kappa shape index (κ1) is 22.3. The third-order valence-corrected chi connectivity index (χ3v) is 5.19. The van der Waals surface area contributed by atoms with Crippen LogP contribution >= 0.6 is 0 Å². The number of carbonyl (C=O) groups is 1. The number of aromatic nitrogens is 5. The van der Waals surface area contributed by atoms with Crippen molar-refractivity contribution in [2.75, 3.05) is 7.11 Å². The number of alkyl halides is 3. The highest BCUT2D eigenvalue weighted by Gasteiger charge is 2.30. The molecule has 0 unspecified atom stereocenters. The standard InChI is InChI=1S/C22H20F3N5O3/c1-32-21(31)15-6-9-19-18(12-15)16(13-30(19)11-10-20-26-28-29-27-20)5-2-14-3-7-17(8-4-14)33-22(23,24)25/h3-4,6-9,12-13H,2,5,10-11H2,1H3,(H,26,27,28,29). The largest absolute Gasteiger partial charge is 0.573 e. The van der Waals surface area contributed by atoms with Crippen molar-refractivity contribution in [2.45, 2.75) is 32.2 Å². The third-order valence-electron chi connectivity index (χ3n) is 5.19. The molecule has 0 aliphatic heterocycles. The van der Waals surface area contributed by atoms with Gasteiger partial charge in [-0.1, -0.05) is 17.3 Å². The van der Waals surface area contributed by atoms with Crippen molar-refractivity contribution in [2.24, 2.45) is 0 Å². The van der Waals surface area contributed by atoms with E-state index in [2.05, 4.69) is 29.9 Å².